The van der Waals surface area contributed by atoms with Gasteiger partial charge in [-0.3, -0.25) is 4.79 Å². The van der Waals surface area contributed by atoms with Gasteiger partial charge in [0.2, 0.25) is 0 Å². The van der Waals surface area contributed by atoms with Crippen molar-refractivity contribution in [2.45, 2.75) is 6.92 Å². The molecule has 4 nitrogen and oxygen atoms in total. The van der Waals surface area contributed by atoms with Crippen LogP contribution in [-0.2, 0) is 0 Å². The fraction of sp³-hybridized carbons (Fsp3) is 0.143. The Morgan fingerprint density at radius 3 is 2.43 bits per heavy atom. The van der Waals surface area contributed by atoms with E-state index in [1.165, 1.54) is 0 Å². The Labute approximate surface area is 138 Å². The normalized spacial score (nSPS) is 10.3. The standard InChI is InChI=1S/C14H12Br2FN3O/c1-7-3-10(15)12(11(16)4-7)20-14(21)9-5-8(17)6-19-13(9)18-2/h3-6H,1-2H3,(H,18,19)(H,20,21). The van der Waals surface area contributed by atoms with Crippen molar-refractivity contribution in [1.82, 2.24) is 4.98 Å². The summed E-state index contributed by atoms with van der Waals surface area (Å²) in [4.78, 5) is 16.2. The molecular formula is C14H12Br2FN3O. The Morgan fingerprint density at radius 2 is 1.86 bits per heavy atom. The van der Waals surface area contributed by atoms with Crippen molar-refractivity contribution in [2.75, 3.05) is 17.7 Å². The summed E-state index contributed by atoms with van der Waals surface area (Å²) >= 11 is 6.80. The molecule has 1 heterocycles. The molecule has 0 spiro atoms. The molecule has 0 atom stereocenters. The number of benzene rings is 1. The maximum atomic E-state index is 13.3. The largest absolute Gasteiger partial charge is 0.372 e. The summed E-state index contributed by atoms with van der Waals surface area (Å²) < 4.78 is 14.8. The second-order valence-electron chi connectivity index (χ2n) is 4.36. The number of halogens is 3. The molecule has 2 rings (SSSR count). The van der Waals surface area contributed by atoms with Gasteiger partial charge in [-0.15, -0.1) is 0 Å². The Morgan fingerprint density at radius 1 is 1.24 bits per heavy atom. The van der Waals surface area contributed by atoms with Gasteiger partial charge in [-0.1, -0.05) is 0 Å². The number of aromatic nitrogens is 1. The zero-order chi connectivity index (χ0) is 15.6. The number of carbonyl (C=O) groups excluding carboxylic acids is 1. The molecule has 1 amide bonds. The lowest BCUT2D eigenvalue weighted by Crippen LogP contribution is -2.16. The van der Waals surface area contributed by atoms with E-state index in [-0.39, 0.29) is 5.56 Å². The first kappa shape index (κ1) is 15.9. The van der Waals surface area contributed by atoms with Gasteiger partial charge < -0.3 is 10.6 Å². The van der Waals surface area contributed by atoms with Crippen LogP contribution >= 0.6 is 31.9 Å². The van der Waals surface area contributed by atoms with Crippen LogP contribution in [0.2, 0.25) is 0 Å². The molecule has 0 saturated heterocycles. The Hall–Kier alpha value is -1.47. The molecule has 1 aromatic heterocycles. The van der Waals surface area contributed by atoms with Gasteiger partial charge in [0.05, 0.1) is 17.4 Å². The highest BCUT2D eigenvalue weighted by atomic mass is 79.9. The number of amides is 1. The lowest BCUT2D eigenvalue weighted by atomic mass is 10.2. The van der Waals surface area contributed by atoms with Gasteiger partial charge in [-0.05, 0) is 62.5 Å². The van der Waals surface area contributed by atoms with Gasteiger partial charge in [-0.2, -0.15) is 0 Å². The quantitative estimate of drug-likeness (QED) is 0.782. The molecule has 0 aliphatic carbocycles. The zero-order valence-electron chi connectivity index (χ0n) is 11.3. The third-order valence-electron chi connectivity index (χ3n) is 2.76. The summed E-state index contributed by atoms with van der Waals surface area (Å²) in [6.45, 7) is 1.94. The van der Waals surface area contributed by atoms with E-state index in [1.54, 1.807) is 7.05 Å². The molecule has 110 valence electrons. The molecule has 2 aromatic rings. The van der Waals surface area contributed by atoms with Crippen LogP contribution < -0.4 is 10.6 Å². The summed E-state index contributed by atoms with van der Waals surface area (Å²) in [5.41, 5.74) is 1.75. The van der Waals surface area contributed by atoms with Gasteiger partial charge in [-0.25, -0.2) is 9.37 Å². The summed E-state index contributed by atoms with van der Waals surface area (Å²) in [5.74, 6) is -0.703. The molecule has 0 unspecified atom stereocenters. The average molecular weight is 417 g/mol. The van der Waals surface area contributed by atoms with E-state index >= 15 is 0 Å². The zero-order valence-corrected chi connectivity index (χ0v) is 14.5. The number of carbonyl (C=O) groups is 1. The van der Waals surface area contributed by atoms with Gasteiger partial charge >= 0.3 is 0 Å². The predicted octanol–water partition coefficient (Wildman–Crippen LogP) is 4.35. The minimum Gasteiger partial charge on any atom is -0.372 e. The van der Waals surface area contributed by atoms with E-state index < -0.39 is 11.7 Å². The van der Waals surface area contributed by atoms with Crippen LogP contribution in [-0.4, -0.2) is 17.9 Å². The lowest BCUT2D eigenvalue weighted by Gasteiger charge is -2.12. The van der Waals surface area contributed by atoms with Gasteiger partial charge in [0.15, 0.2) is 0 Å². The van der Waals surface area contributed by atoms with E-state index in [0.717, 1.165) is 26.8 Å². The van der Waals surface area contributed by atoms with E-state index in [9.17, 15) is 9.18 Å². The van der Waals surface area contributed by atoms with Crippen molar-refractivity contribution < 1.29 is 9.18 Å². The van der Waals surface area contributed by atoms with Crippen LogP contribution in [0.5, 0.6) is 0 Å². The lowest BCUT2D eigenvalue weighted by molar-refractivity contribution is 0.102. The number of hydrogen-bond donors (Lipinski definition) is 2. The fourth-order valence-corrected chi connectivity index (χ4v) is 3.43. The number of rotatable bonds is 3. The van der Waals surface area contributed by atoms with E-state index in [1.807, 2.05) is 19.1 Å². The highest BCUT2D eigenvalue weighted by Gasteiger charge is 2.16. The molecule has 1 aromatic carbocycles. The Bertz CT molecular complexity index is 684. The minimum atomic E-state index is -0.568. The molecule has 0 aliphatic rings. The molecule has 0 bridgehead atoms. The Balaban J connectivity index is 2.37. The first-order valence-corrected chi connectivity index (χ1v) is 7.61. The molecule has 7 heteroatoms. The van der Waals surface area contributed by atoms with Crippen LogP contribution in [0, 0.1) is 12.7 Å². The van der Waals surface area contributed by atoms with E-state index in [2.05, 4.69) is 47.5 Å². The van der Waals surface area contributed by atoms with Crippen molar-refractivity contribution in [3.8, 4) is 0 Å². The van der Waals surface area contributed by atoms with Gasteiger partial charge in [0.1, 0.15) is 11.6 Å². The van der Waals surface area contributed by atoms with Crippen molar-refractivity contribution in [2.24, 2.45) is 0 Å². The maximum absolute atomic E-state index is 13.3. The first-order valence-electron chi connectivity index (χ1n) is 6.02. The first-order chi connectivity index (χ1) is 9.92. The van der Waals surface area contributed by atoms with Crippen molar-refractivity contribution >= 4 is 49.3 Å². The van der Waals surface area contributed by atoms with E-state index in [4.69, 9.17) is 0 Å². The predicted molar refractivity (Wildman–Crippen MR) is 88.3 cm³/mol. The third kappa shape index (κ3) is 3.59. The fourth-order valence-electron chi connectivity index (χ4n) is 1.81. The molecular weight excluding hydrogens is 405 g/mol. The molecule has 0 fully saturated rings. The molecule has 0 saturated carbocycles. The monoisotopic (exact) mass is 415 g/mol. The van der Waals surface area contributed by atoms with E-state index in [0.29, 0.717) is 11.5 Å². The molecule has 2 N–H and O–H groups in total. The number of nitrogens with one attached hydrogen (secondary N) is 2. The van der Waals surface area contributed by atoms with Crippen molar-refractivity contribution in [3.05, 3.63) is 50.3 Å². The highest BCUT2D eigenvalue weighted by Crippen LogP contribution is 2.33. The second kappa shape index (κ2) is 6.53. The number of nitrogens with zero attached hydrogens (tertiary/aromatic N) is 1. The number of aryl methyl sites for hydroxylation is 1. The Kier molecular flexibility index (Phi) is 4.95. The maximum Gasteiger partial charge on any atom is 0.259 e. The van der Waals surface area contributed by atoms with Crippen molar-refractivity contribution in [3.63, 3.8) is 0 Å². The molecule has 0 aliphatic heterocycles. The number of anilines is 2. The highest BCUT2D eigenvalue weighted by molar-refractivity contribution is 9.11. The number of hydrogen-bond acceptors (Lipinski definition) is 3. The second-order valence-corrected chi connectivity index (χ2v) is 6.07. The topological polar surface area (TPSA) is 54.0 Å². The average Bonchev–Trinajstić information content (AvgIpc) is 2.42. The molecule has 0 radical (unpaired) electrons. The third-order valence-corrected chi connectivity index (χ3v) is 4.01. The van der Waals surface area contributed by atoms with Crippen LogP contribution in [0.15, 0.2) is 33.3 Å². The van der Waals surface area contributed by atoms with Crippen LogP contribution in [0.25, 0.3) is 0 Å². The van der Waals surface area contributed by atoms with Crippen LogP contribution in [0.3, 0.4) is 0 Å². The van der Waals surface area contributed by atoms with Gasteiger partial charge in [0.25, 0.3) is 5.91 Å². The summed E-state index contributed by atoms with van der Waals surface area (Å²) in [7, 11) is 1.62. The van der Waals surface area contributed by atoms with Gasteiger partial charge in [0, 0.05) is 16.0 Å². The SMILES string of the molecule is CNc1ncc(F)cc1C(=O)Nc1c(Br)cc(C)cc1Br. The van der Waals surface area contributed by atoms with Crippen LogP contribution in [0.4, 0.5) is 15.9 Å². The molecule has 21 heavy (non-hydrogen) atoms. The summed E-state index contributed by atoms with van der Waals surface area (Å²) in [6, 6.07) is 4.90. The number of pyridine rings is 1. The smallest absolute Gasteiger partial charge is 0.259 e. The van der Waals surface area contributed by atoms with Crippen LogP contribution in [0.1, 0.15) is 15.9 Å². The summed E-state index contributed by atoms with van der Waals surface area (Å²) in [6.07, 6.45) is 1.06. The summed E-state index contributed by atoms with van der Waals surface area (Å²) in [5, 5.41) is 5.51. The van der Waals surface area contributed by atoms with Crippen molar-refractivity contribution in [1.29, 1.82) is 0 Å². The minimum absolute atomic E-state index is 0.136.